The van der Waals surface area contributed by atoms with Crippen LogP contribution in [0.4, 0.5) is 15.8 Å². The molecule has 0 radical (unpaired) electrons. The van der Waals surface area contributed by atoms with E-state index in [0.717, 1.165) is 28.2 Å². The van der Waals surface area contributed by atoms with Gasteiger partial charge in [0.25, 0.3) is 10.8 Å². The predicted molar refractivity (Wildman–Crippen MR) is 123 cm³/mol. The van der Waals surface area contributed by atoms with Crippen molar-refractivity contribution in [3.8, 4) is 0 Å². The number of nitrogens with zero attached hydrogens (tertiary/aromatic N) is 2. The Morgan fingerprint density at radius 2 is 1.73 bits per heavy atom. The Kier molecular flexibility index (Phi) is 4.84. The Balaban J connectivity index is 1.73. The Morgan fingerprint density at radius 1 is 1.03 bits per heavy atom. The minimum absolute atomic E-state index is 0.0350. The standard InChI is InChI=1S/C24H18ClFN2O4S/c1-15-6-8-16(9-7-15)13-27-21-5-3-2-4-18(21)24(23(27)30)28(22(29)14-33(24,31)32)17-10-11-20(26)19(25)12-17/h2-12H,13-14H2,1H3/t24-/m1/s1. The summed E-state index contributed by atoms with van der Waals surface area (Å²) < 4.78 is 40.9. The number of hydrogen-bond donors (Lipinski definition) is 0. The first kappa shape index (κ1) is 21.6. The molecule has 2 heterocycles. The number of halogens is 2. The van der Waals surface area contributed by atoms with Crippen LogP contribution in [0.3, 0.4) is 0 Å². The summed E-state index contributed by atoms with van der Waals surface area (Å²) >= 11 is 5.93. The van der Waals surface area contributed by atoms with Crippen LogP contribution in [0.2, 0.25) is 5.02 Å². The third-order valence-corrected chi connectivity index (χ3v) is 8.44. The van der Waals surface area contributed by atoms with Crippen LogP contribution >= 0.6 is 11.6 Å². The highest BCUT2D eigenvalue weighted by Gasteiger charge is 2.69. The van der Waals surface area contributed by atoms with E-state index in [0.29, 0.717) is 5.69 Å². The monoisotopic (exact) mass is 484 g/mol. The summed E-state index contributed by atoms with van der Waals surface area (Å²) in [6, 6.07) is 17.5. The molecule has 2 amide bonds. The SMILES string of the molecule is Cc1ccc(CN2C(=O)[C@]3(c4ccccc42)N(c2ccc(F)c(Cl)c2)C(=O)CS3(=O)=O)cc1. The van der Waals surface area contributed by atoms with E-state index in [1.807, 2.05) is 31.2 Å². The molecule has 5 rings (SSSR count). The molecule has 33 heavy (non-hydrogen) atoms. The molecule has 1 saturated heterocycles. The minimum atomic E-state index is -4.30. The highest BCUT2D eigenvalue weighted by molar-refractivity contribution is 7.94. The van der Waals surface area contributed by atoms with E-state index in [9.17, 15) is 22.4 Å². The number of carbonyl (C=O) groups is 2. The zero-order chi connectivity index (χ0) is 23.5. The molecule has 0 unspecified atom stereocenters. The van der Waals surface area contributed by atoms with Crippen LogP contribution in [0.5, 0.6) is 0 Å². The van der Waals surface area contributed by atoms with E-state index in [-0.39, 0.29) is 22.8 Å². The van der Waals surface area contributed by atoms with Crippen molar-refractivity contribution in [2.75, 3.05) is 15.6 Å². The molecule has 0 saturated carbocycles. The lowest BCUT2D eigenvalue weighted by atomic mass is 10.0. The van der Waals surface area contributed by atoms with E-state index in [2.05, 4.69) is 0 Å². The van der Waals surface area contributed by atoms with Gasteiger partial charge in [0.05, 0.1) is 17.3 Å². The van der Waals surface area contributed by atoms with Crippen LogP contribution in [-0.4, -0.2) is 26.0 Å². The molecule has 9 heteroatoms. The number of benzene rings is 3. The molecule has 3 aromatic carbocycles. The molecule has 0 N–H and O–H groups in total. The van der Waals surface area contributed by atoms with Crippen molar-refractivity contribution in [2.24, 2.45) is 0 Å². The van der Waals surface area contributed by atoms with E-state index in [1.165, 1.54) is 17.0 Å². The summed E-state index contributed by atoms with van der Waals surface area (Å²) in [5.74, 6) is -3.10. The van der Waals surface area contributed by atoms with Gasteiger partial charge in [-0.1, -0.05) is 59.6 Å². The highest BCUT2D eigenvalue weighted by Crippen LogP contribution is 2.53. The number of fused-ring (bicyclic) bond motifs is 2. The number of sulfone groups is 1. The van der Waals surface area contributed by atoms with Gasteiger partial charge < -0.3 is 4.90 Å². The van der Waals surface area contributed by atoms with Crippen LogP contribution < -0.4 is 9.80 Å². The van der Waals surface area contributed by atoms with Crippen molar-refractivity contribution >= 4 is 44.6 Å². The fraction of sp³-hybridized carbons (Fsp3) is 0.167. The predicted octanol–water partition coefficient (Wildman–Crippen LogP) is 3.95. The van der Waals surface area contributed by atoms with Crippen molar-refractivity contribution < 1.29 is 22.4 Å². The van der Waals surface area contributed by atoms with Crippen LogP contribution in [0, 0.1) is 12.7 Å². The number of anilines is 2. The second-order valence-corrected chi connectivity index (χ2v) is 10.6. The normalized spacial score (nSPS) is 21.2. The Morgan fingerprint density at radius 3 is 2.42 bits per heavy atom. The summed E-state index contributed by atoms with van der Waals surface area (Å²) in [5.41, 5.74) is 2.48. The van der Waals surface area contributed by atoms with Crippen molar-refractivity contribution in [1.82, 2.24) is 0 Å². The van der Waals surface area contributed by atoms with Gasteiger partial charge in [-0.2, -0.15) is 0 Å². The van der Waals surface area contributed by atoms with Gasteiger partial charge >= 0.3 is 0 Å². The molecule has 3 aromatic rings. The summed E-state index contributed by atoms with van der Waals surface area (Å²) in [6.07, 6.45) is 0. The molecule has 1 spiro atoms. The third kappa shape index (κ3) is 3.01. The molecule has 6 nitrogen and oxygen atoms in total. The minimum Gasteiger partial charge on any atom is -0.304 e. The zero-order valence-corrected chi connectivity index (χ0v) is 19.0. The van der Waals surface area contributed by atoms with Crippen LogP contribution in [0.15, 0.2) is 66.7 Å². The van der Waals surface area contributed by atoms with E-state index >= 15 is 0 Å². The first-order valence-corrected chi connectivity index (χ1v) is 12.2. The van der Waals surface area contributed by atoms with Gasteiger partial charge in [0.2, 0.25) is 5.91 Å². The van der Waals surface area contributed by atoms with E-state index < -0.39 is 38.1 Å². The number of aryl methyl sites for hydroxylation is 1. The molecular weight excluding hydrogens is 467 g/mol. The molecule has 168 valence electrons. The van der Waals surface area contributed by atoms with Gasteiger partial charge in [-0.25, -0.2) is 12.8 Å². The Labute approximate surface area is 195 Å². The number of carbonyl (C=O) groups excluding carboxylic acids is 2. The van der Waals surface area contributed by atoms with Gasteiger partial charge in [-0.05, 0) is 36.8 Å². The first-order valence-electron chi connectivity index (χ1n) is 10.1. The van der Waals surface area contributed by atoms with Gasteiger partial charge in [-0.15, -0.1) is 0 Å². The lowest BCUT2D eigenvalue weighted by Gasteiger charge is -2.32. The van der Waals surface area contributed by atoms with Gasteiger partial charge in [0.15, 0.2) is 9.84 Å². The molecule has 2 aliphatic heterocycles. The Hall–Kier alpha value is -3.23. The zero-order valence-electron chi connectivity index (χ0n) is 17.5. The van der Waals surface area contributed by atoms with Gasteiger partial charge in [-0.3, -0.25) is 14.5 Å². The smallest absolute Gasteiger partial charge is 0.274 e. The second kappa shape index (κ2) is 7.40. The molecule has 2 aliphatic rings. The highest BCUT2D eigenvalue weighted by atomic mass is 35.5. The maximum Gasteiger partial charge on any atom is 0.274 e. The second-order valence-electron chi connectivity index (χ2n) is 8.12. The maximum absolute atomic E-state index is 14.0. The van der Waals surface area contributed by atoms with E-state index in [4.69, 9.17) is 11.6 Å². The van der Waals surface area contributed by atoms with Gasteiger partial charge in [0, 0.05) is 11.3 Å². The molecule has 0 aliphatic carbocycles. The van der Waals surface area contributed by atoms with Crippen molar-refractivity contribution in [3.05, 3.63) is 94.3 Å². The lowest BCUT2D eigenvalue weighted by Crippen LogP contribution is -2.54. The molecule has 0 bridgehead atoms. The molecule has 0 aromatic heterocycles. The average molecular weight is 485 g/mol. The summed E-state index contributed by atoms with van der Waals surface area (Å²) in [4.78, 5) is 27.1. The van der Waals surface area contributed by atoms with Crippen LogP contribution in [0.1, 0.15) is 16.7 Å². The topological polar surface area (TPSA) is 74.8 Å². The molecule has 1 atom stereocenters. The fourth-order valence-electron chi connectivity index (χ4n) is 4.55. The largest absolute Gasteiger partial charge is 0.304 e. The summed E-state index contributed by atoms with van der Waals surface area (Å²) in [6.45, 7) is 2.07. The Bertz CT molecular complexity index is 1420. The van der Waals surface area contributed by atoms with E-state index in [1.54, 1.807) is 18.2 Å². The molecular formula is C24H18ClFN2O4S. The van der Waals surface area contributed by atoms with Crippen molar-refractivity contribution in [3.63, 3.8) is 0 Å². The van der Waals surface area contributed by atoms with Crippen LogP contribution in [-0.2, 0) is 30.8 Å². The third-order valence-electron chi connectivity index (χ3n) is 6.05. The number of rotatable bonds is 3. The average Bonchev–Trinajstić information content (AvgIpc) is 3.14. The number of para-hydroxylation sites is 1. The lowest BCUT2D eigenvalue weighted by molar-refractivity contribution is -0.123. The maximum atomic E-state index is 14.0. The van der Waals surface area contributed by atoms with Crippen molar-refractivity contribution in [2.45, 2.75) is 18.3 Å². The van der Waals surface area contributed by atoms with Crippen molar-refractivity contribution in [1.29, 1.82) is 0 Å². The van der Waals surface area contributed by atoms with Crippen LogP contribution in [0.25, 0.3) is 0 Å². The molecule has 1 fully saturated rings. The summed E-state index contributed by atoms with van der Waals surface area (Å²) in [5, 5.41) is -0.282. The number of amides is 2. The number of hydrogen-bond acceptors (Lipinski definition) is 4. The summed E-state index contributed by atoms with van der Waals surface area (Å²) in [7, 11) is -4.30. The quantitative estimate of drug-likeness (QED) is 0.564. The van der Waals surface area contributed by atoms with Gasteiger partial charge in [0.1, 0.15) is 11.6 Å². The fourth-order valence-corrected chi connectivity index (χ4v) is 6.76. The first-order chi connectivity index (χ1) is 15.7.